The first kappa shape index (κ1) is 19.9. The third kappa shape index (κ3) is 6.50. The molecule has 1 aliphatic rings. The molecule has 0 aliphatic heterocycles. The van der Waals surface area contributed by atoms with Gasteiger partial charge in [-0.05, 0) is 37.5 Å². The van der Waals surface area contributed by atoms with Crippen molar-refractivity contribution in [2.24, 2.45) is 0 Å². The molecule has 1 unspecified atom stereocenters. The fourth-order valence-electron chi connectivity index (χ4n) is 3.01. The van der Waals surface area contributed by atoms with E-state index in [2.05, 4.69) is 10.6 Å². The maximum absolute atomic E-state index is 12.3. The lowest BCUT2D eigenvalue weighted by molar-refractivity contribution is -0.129. The Kier molecular flexibility index (Phi) is 7.63. The van der Waals surface area contributed by atoms with Crippen LogP contribution in [0.15, 0.2) is 24.3 Å². The Labute approximate surface area is 154 Å². The average molecular weight is 360 g/mol. The molecular weight excluding hydrogens is 332 g/mol. The van der Waals surface area contributed by atoms with Crippen molar-refractivity contribution in [1.82, 2.24) is 10.6 Å². The lowest BCUT2D eigenvalue weighted by atomic mass is 10.1. The van der Waals surface area contributed by atoms with Crippen LogP contribution in [0.4, 0.5) is 0 Å². The lowest BCUT2D eigenvalue weighted by Gasteiger charge is -2.19. The second-order valence-electron chi connectivity index (χ2n) is 6.85. The van der Waals surface area contributed by atoms with Gasteiger partial charge in [0.25, 0.3) is 5.91 Å². The van der Waals surface area contributed by atoms with E-state index < -0.39 is 12.1 Å². The number of carbonyl (C=O) groups is 3. The van der Waals surface area contributed by atoms with E-state index in [1.807, 2.05) is 0 Å². The summed E-state index contributed by atoms with van der Waals surface area (Å²) >= 11 is 0. The Hall–Kier alpha value is -2.37. The highest BCUT2D eigenvalue weighted by Crippen LogP contribution is 2.17. The predicted molar refractivity (Wildman–Crippen MR) is 98.5 cm³/mol. The Bertz CT molecular complexity index is 619. The number of benzene rings is 1. The molecule has 0 aromatic heterocycles. The number of ether oxygens (including phenoxy) is 1. The van der Waals surface area contributed by atoms with E-state index in [9.17, 15) is 14.4 Å². The maximum Gasteiger partial charge on any atom is 0.338 e. The molecule has 1 saturated carbocycles. The van der Waals surface area contributed by atoms with Crippen LogP contribution in [-0.2, 0) is 20.9 Å². The van der Waals surface area contributed by atoms with Crippen LogP contribution in [0.2, 0.25) is 0 Å². The molecule has 1 aromatic rings. The minimum atomic E-state index is -0.829. The van der Waals surface area contributed by atoms with E-state index >= 15 is 0 Å². The Morgan fingerprint density at radius 3 is 2.27 bits per heavy atom. The van der Waals surface area contributed by atoms with Crippen LogP contribution in [0.25, 0.3) is 0 Å². The van der Waals surface area contributed by atoms with Crippen LogP contribution < -0.4 is 10.6 Å². The minimum absolute atomic E-state index is 0.109. The molecule has 2 rings (SSSR count). The van der Waals surface area contributed by atoms with Crippen molar-refractivity contribution in [3.63, 3.8) is 0 Å². The minimum Gasteiger partial charge on any atom is -0.449 e. The number of carbonyl (C=O) groups excluding carboxylic acids is 3. The first-order valence-corrected chi connectivity index (χ1v) is 9.30. The first-order valence-electron chi connectivity index (χ1n) is 9.30. The molecule has 0 spiro atoms. The first-order chi connectivity index (χ1) is 12.5. The van der Waals surface area contributed by atoms with Gasteiger partial charge in [0.1, 0.15) is 0 Å². The molecular formula is C20H28N2O4. The van der Waals surface area contributed by atoms with Gasteiger partial charge in [-0.2, -0.15) is 0 Å². The van der Waals surface area contributed by atoms with Crippen LogP contribution in [0.5, 0.6) is 0 Å². The fraction of sp³-hybridized carbons (Fsp3) is 0.550. The van der Waals surface area contributed by atoms with Gasteiger partial charge in [-0.3, -0.25) is 9.59 Å². The quantitative estimate of drug-likeness (QED) is 0.603. The van der Waals surface area contributed by atoms with Gasteiger partial charge in [-0.1, -0.05) is 37.8 Å². The summed E-state index contributed by atoms with van der Waals surface area (Å²) in [6.45, 7) is 3.45. The molecule has 0 bridgehead atoms. The summed E-state index contributed by atoms with van der Waals surface area (Å²) in [5, 5.41) is 5.69. The SMILES string of the molecule is CC(=O)NCc1ccc(C(=O)OC(C)C(=O)NC2CCCCCC2)cc1. The molecule has 0 radical (unpaired) electrons. The van der Waals surface area contributed by atoms with E-state index in [1.165, 1.54) is 19.8 Å². The summed E-state index contributed by atoms with van der Waals surface area (Å²) in [7, 11) is 0. The zero-order chi connectivity index (χ0) is 18.9. The second-order valence-corrected chi connectivity index (χ2v) is 6.85. The highest BCUT2D eigenvalue weighted by molar-refractivity contribution is 5.92. The molecule has 2 N–H and O–H groups in total. The molecule has 6 nitrogen and oxygen atoms in total. The van der Waals surface area contributed by atoms with E-state index in [1.54, 1.807) is 31.2 Å². The number of hydrogen-bond donors (Lipinski definition) is 2. The summed E-state index contributed by atoms with van der Waals surface area (Å²) in [4.78, 5) is 35.4. The lowest BCUT2D eigenvalue weighted by Crippen LogP contribution is -2.41. The van der Waals surface area contributed by atoms with Crippen molar-refractivity contribution >= 4 is 17.8 Å². The Morgan fingerprint density at radius 2 is 1.69 bits per heavy atom. The summed E-state index contributed by atoms with van der Waals surface area (Å²) < 4.78 is 5.29. The zero-order valence-electron chi connectivity index (χ0n) is 15.5. The predicted octanol–water partition coefficient (Wildman–Crippen LogP) is 2.71. The largest absolute Gasteiger partial charge is 0.449 e. The van der Waals surface area contributed by atoms with Crippen LogP contribution in [0, 0.1) is 0 Å². The van der Waals surface area contributed by atoms with Crippen LogP contribution in [0.1, 0.15) is 68.3 Å². The van der Waals surface area contributed by atoms with Gasteiger partial charge in [-0.25, -0.2) is 4.79 Å². The normalized spacial score (nSPS) is 16.2. The number of rotatable bonds is 6. The second kappa shape index (κ2) is 9.94. The molecule has 2 amide bonds. The average Bonchev–Trinajstić information content (AvgIpc) is 2.88. The van der Waals surface area contributed by atoms with E-state index in [0.717, 1.165) is 31.2 Å². The van der Waals surface area contributed by atoms with Crippen molar-refractivity contribution < 1.29 is 19.1 Å². The van der Waals surface area contributed by atoms with Gasteiger partial charge in [0.15, 0.2) is 6.10 Å². The highest BCUT2D eigenvalue weighted by atomic mass is 16.5. The van der Waals surface area contributed by atoms with Crippen molar-refractivity contribution in [3.8, 4) is 0 Å². The number of nitrogens with one attached hydrogen (secondary N) is 2. The Morgan fingerprint density at radius 1 is 1.08 bits per heavy atom. The van der Waals surface area contributed by atoms with Crippen molar-refractivity contribution in [2.75, 3.05) is 0 Å². The molecule has 6 heteroatoms. The smallest absolute Gasteiger partial charge is 0.338 e. The molecule has 1 fully saturated rings. The van der Waals surface area contributed by atoms with Gasteiger partial charge in [0.2, 0.25) is 5.91 Å². The van der Waals surface area contributed by atoms with Gasteiger partial charge in [0.05, 0.1) is 5.56 Å². The van der Waals surface area contributed by atoms with E-state index in [4.69, 9.17) is 4.74 Å². The summed E-state index contributed by atoms with van der Waals surface area (Å²) in [5.41, 5.74) is 1.27. The topological polar surface area (TPSA) is 84.5 Å². The fourth-order valence-corrected chi connectivity index (χ4v) is 3.01. The monoisotopic (exact) mass is 360 g/mol. The van der Waals surface area contributed by atoms with Gasteiger partial charge in [0, 0.05) is 19.5 Å². The van der Waals surface area contributed by atoms with Gasteiger partial charge >= 0.3 is 5.97 Å². The van der Waals surface area contributed by atoms with E-state index in [0.29, 0.717) is 12.1 Å². The maximum atomic E-state index is 12.3. The molecule has 142 valence electrons. The molecule has 0 saturated heterocycles. The Balaban J connectivity index is 1.83. The molecule has 1 atom stereocenters. The van der Waals surface area contributed by atoms with Crippen molar-refractivity contribution in [3.05, 3.63) is 35.4 Å². The van der Waals surface area contributed by atoms with Crippen molar-refractivity contribution in [1.29, 1.82) is 0 Å². The highest BCUT2D eigenvalue weighted by Gasteiger charge is 2.22. The molecule has 0 heterocycles. The van der Waals surface area contributed by atoms with Gasteiger partial charge < -0.3 is 15.4 Å². The van der Waals surface area contributed by atoms with E-state index in [-0.39, 0.29) is 17.9 Å². The summed E-state index contributed by atoms with van der Waals surface area (Å²) in [5.74, 6) is -0.880. The zero-order valence-corrected chi connectivity index (χ0v) is 15.5. The van der Waals surface area contributed by atoms with Crippen LogP contribution >= 0.6 is 0 Å². The standard InChI is InChI=1S/C20H28N2O4/c1-14(19(24)22-18-7-5-3-4-6-8-18)26-20(25)17-11-9-16(10-12-17)13-21-15(2)23/h9-12,14,18H,3-8,13H2,1-2H3,(H,21,23)(H,22,24). The van der Waals surface area contributed by atoms with Crippen molar-refractivity contribution in [2.45, 2.75) is 71.1 Å². The molecule has 26 heavy (non-hydrogen) atoms. The van der Waals surface area contributed by atoms with Gasteiger partial charge in [-0.15, -0.1) is 0 Å². The number of esters is 1. The number of hydrogen-bond acceptors (Lipinski definition) is 4. The number of amides is 2. The third-order valence-corrected chi connectivity index (χ3v) is 4.59. The third-order valence-electron chi connectivity index (χ3n) is 4.59. The van der Waals surface area contributed by atoms with Crippen LogP contribution in [-0.4, -0.2) is 29.9 Å². The summed E-state index contributed by atoms with van der Waals surface area (Å²) in [6, 6.07) is 6.95. The summed E-state index contributed by atoms with van der Waals surface area (Å²) in [6.07, 6.45) is 5.84. The van der Waals surface area contributed by atoms with Crippen LogP contribution in [0.3, 0.4) is 0 Å². The molecule has 1 aliphatic carbocycles. The molecule has 1 aromatic carbocycles.